The Morgan fingerprint density at radius 1 is 0.639 bits per heavy atom. The van der Waals surface area contributed by atoms with Gasteiger partial charge in [-0.25, -0.2) is 0 Å². The molecule has 2 aromatic rings. The highest BCUT2D eigenvalue weighted by molar-refractivity contribution is 6.31. The van der Waals surface area contributed by atoms with Gasteiger partial charge >= 0.3 is 0 Å². The van der Waals surface area contributed by atoms with Crippen LogP contribution in [-0.4, -0.2) is 66.3 Å². The number of hydrogen-bond acceptors (Lipinski definition) is 6. The summed E-state index contributed by atoms with van der Waals surface area (Å²) >= 11 is 0. The lowest BCUT2D eigenvalue weighted by atomic mass is 10.1. The minimum absolute atomic E-state index is 0.911. The molecule has 0 amide bonds. The summed E-state index contributed by atoms with van der Waals surface area (Å²) < 4.78 is 0. The largest absolute Gasteiger partial charge is 0.373 e. The van der Waals surface area contributed by atoms with Gasteiger partial charge < -0.3 is 19.6 Å². The summed E-state index contributed by atoms with van der Waals surface area (Å²) in [5, 5.41) is 0. The van der Waals surface area contributed by atoms with Crippen LogP contribution in [0.4, 0.5) is 34.1 Å². The first-order chi connectivity index (χ1) is 17.3. The van der Waals surface area contributed by atoms with Gasteiger partial charge in [-0.1, -0.05) is 13.3 Å². The van der Waals surface area contributed by atoms with Crippen LogP contribution in [0.3, 0.4) is 0 Å². The second-order valence-corrected chi connectivity index (χ2v) is 9.37. The Morgan fingerprint density at radius 2 is 1.08 bits per heavy atom. The van der Waals surface area contributed by atoms with E-state index in [1.165, 1.54) is 22.7 Å². The highest BCUT2D eigenvalue weighted by atomic mass is 15.2. The molecular weight excluding hydrogens is 444 g/mol. The molecule has 36 heavy (non-hydrogen) atoms. The molecule has 0 N–H and O–H groups in total. The fourth-order valence-corrected chi connectivity index (χ4v) is 3.93. The predicted molar refractivity (Wildman–Crippen MR) is 163 cm³/mol. The molecule has 0 atom stereocenters. The molecule has 0 aromatic heterocycles. The van der Waals surface area contributed by atoms with Gasteiger partial charge in [0, 0.05) is 60.6 Å². The lowest BCUT2D eigenvalue weighted by Gasteiger charge is -2.26. The molecule has 198 valence electrons. The fraction of sp³-hybridized carbons (Fsp3) is 0.533. The Balaban J connectivity index is 2.45. The van der Waals surface area contributed by atoms with E-state index < -0.39 is 0 Å². The lowest BCUT2D eigenvalue weighted by Crippen LogP contribution is -2.22. The molecule has 2 rings (SSSR count). The van der Waals surface area contributed by atoms with Crippen molar-refractivity contribution in [1.82, 2.24) is 0 Å². The van der Waals surface area contributed by atoms with Crippen molar-refractivity contribution in [1.29, 1.82) is 0 Å². The zero-order chi connectivity index (χ0) is 26.7. The molecule has 0 fully saturated rings. The number of anilines is 4. The van der Waals surface area contributed by atoms with Crippen LogP contribution in [0.1, 0.15) is 53.9 Å². The van der Waals surface area contributed by atoms with Crippen molar-refractivity contribution in [3.63, 3.8) is 0 Å². The van der Waals surface area contributed by atoms with Crippen molar-refractivity contribution in [2.24, 2.45) is 9.98 Å². The summed E-state index contributed by atoms with van der Waals surface area (Å²) in [6.07, 6.45) is 5.08. The van der Waals surface area contributed by atoms with Crippen LogP contribution in [0.25, 0.3) is 0 Å². The Hall–Kier alpha value is -3.02. The predicted octanol–water partition coefficient (Wildman–Crippen LogP) is 7.18. The molecule has 6 nitrogen and oxygen atoms in total. The second-order valence-electron chi connectivity index (χ2n) is 9.37. The van der Waals surface area contributed by atoms with Crippen LogP contribution >= 0.6 is 0 Å². The Labute approximate surface area is 220 Å². The summed E-state index contributed by atoms with van der Waals surface area (Å²) in [7, 11) is 8.54. The average molecular weight is 493 g/mol. The normalized spacial score (nSPS) is 11.8. The van der Waals surface area contributed by atoms with Gasteiger partial charge in [0.05, 0.1) is 39.8 Å². The molecule has 0 spiro atoms. The first kappa shape index (κ1) is 29.2. The first-order valence-electron chi connectivity index (χ1n) is 13.5. The van der Waals surface area contributed by atoms with Crippen molar-refractivity contribution >= 4 is 46.1 Å². The molecule has 0 aliphatic carbocycles. The van der Waals surface area contributed by atoms with Crippen LogP contribution in [-0.2, 0) is 0 Å². The van der Waals surface area contributed by atoms with Gasteiger partial charge in [-0.05, 0) is 76.9 Å². The van der Waals surface area contributed by atoms with Crippen molar-refractivity contribution < 1.29 is 0 Å². The Bertz CT molecular complexity index is 1010. The van der Waals surface area contributed by atoms with E-state index in [1.54, 1.807) is 0 Å². The van der Waals surface area contributed by atoms with Crippen LogP contribution in [0.5, 0.6) is 0 Å². The van der Waals surface area contributed by atoms with Gasteiger partial charge in [0.1, 0.15) is 0 Å². The smallest absolute Gasteiger partial charge is 0.0655 e. The minimum Gasteiger partial charge on any atom is -0.373 e. The lowest BCUT2D eigenvalue weighted by molar-refractivity contribution is 0.839. The van der Waals surface area contributed by atoms with E-state index in [0.717, 1.165) is 62.5 Å². The molecule has 0 bridgehead atoms. The third-order valence-corrected chi connectivity index (χ3v) is 6.88. The van der Waals surface area contributed by atoms with Gasteiger partial charge in [0.2, 0.25) is 0 Å². The molecule has 0 saturated carbocycles. The number of nitrogens with zero attached hydrogens (tertiary/aromatic N) is 6. The van der Waals surface area contributed by atoms with Crippen LogP contribution in [0.15, 0.2) is 46.4 Å². The maximum Gasteiger partial charge on any atom is 0.0655 e. The number of aliphatic imine (C=N–C) groups is 2. The highest BCUT2D eigenvalue weighted by Gasteiger charge is 2.12. The average Bonchev–Trinajstić information content (AvgIpc) is 2.92. The van der Waals surface area contributed by atoms with Crippen molar-refractivity contribution in [2.75, 3.05) is 74.0 Å². The Morgan fingerprint density at radius 3 is 1.56 bits per heavy atom. The van der Waals surface area contributed by atoms with Gasteiger partial charge in [-0.2, -0.15) is 0 Å². The molecule has 6 heteroatoms. The van der Waals surface area contributed by atoms with Crippen LogP contribution in [0, 0.1) is 0 Å². The maximum absolute atomic E-state index is 5.05. The summed E-state index contributed by atoms with van der Waals surface area (Å²) in [6, 6.07) is 13.0. The number of rotatable bonds is 14. The van der Waals surface area contributed by atoms with E-state index in [2.05, 4.69) is 119 Å². The van der Waals surface area contributed by atoms with Crippen molar-refractivity contribution in [3.8, 4) is 0 Å². The molecule has 0 aliphatic heterocycles. The van der Waals surface area contributed by atoms with Gasteiger partial charge in [-0.3, -0.25) is 9.98 Å². The van der Waals surface area contributed by atoms with Crippen LogP contribution in [0.2, 0.25) is 0 Å². The number of unbranched alkanes of at least 4 members (excludes halogenated alkanes) is 1. The quantitative estimate of drug-likeness (QED) is 0.262. The SMILES string of the molecule is CCCCC(C=Nc1ccc(N(C)CC)c(N(C)CC)c1)=Nc1ccc(N(C)CC)c(N(C)CC)c1. The fourth-order valence-electron chi connectivity index (χ4n) is 3.93. The van der Waals surface area contributed by atoms with E-state index in [1.807, 2.05) is 6.21 Å². The van der Waals surface area contributed by atoms with E-state index in [4.69, 9.17) is 9.98 Å². The summed E-state index contributed by atoms with van der Waals surface area (Å²) in [5.41, 5.74) is 7.80. The van der Waals surface area contributed by atoms with Crippen molar-refractivity contribution in [3.05, 3.63) is 36.4 Å². The first-order valence-corrected chi connectivity index (χ1v) is 13.5. The highest BCUT2D eigenvalue weighted by Crippen LogP contribution is 2.34. The topological polar surface area (TPSA) is 37.7 Å². The molecule has 0 unspecified atom stereocenters. The molecule has 2 aromatic carbocycles. The summed E-state index contributed by atoms with van der Waals surface area (Å²) in [6.45, 7) is 14.7. The van der Waals surface area contributed by atoms with E-state index >= 15 is 0 Å². The zero-order valence-corrected chi connectivity index (χ0v) is 24.2. The van der Waals surface area contributed by atoms with Crippen LogP contribution < -0.4 is 19.6 Å². The molecule has 0 aliphatic rings. The van der Waals surface area contributed by atoms with Crippen molar-refractivity contribution in [2.45, 2.75) is 53.9 Å². The van der Waals surface area contributed by atoms with Gasteiger partial charge in [0.25, 0.3) is 0 Å². The maximum atomic E-state index is 5.05. The zero-order valence-electron chi connectivity index (χ0n) is 24.2. The third-order valence-electron chi connectivity index (χ3n) is 6.88. The number of hydrogen-bond donors (Lipinski definition) is 0. The van der Waals surface area contributed by atoms with Gasteiger partial charge in [-0.15, -0.1) is 0 Å². The van der Waals surface area contributed by atoms with E-state index in [-0.39, 0.29) is 0 Å². The summed E-state index contributed by atoms with van der Waals surface area (Å²) in [4.78, 5) is 19.0. The second kappa shape index (κ2) is 14.5. The standard InChI is InChI=1S/C30H48N6/c1-10-15-16-26(32-25-18-20-28(34(7)12-3)30(22-25)36(9)14-5)23-31-24-17-19-27(33(6)11-2)29(21-24)35(8)13-4/h17-23H,10-16H2,1-9H3. The Kier molecular flexibility index (Phi) is 11.8. The van der Waals surface area contributed by atoms with E-state index in [0.29, 0.717) is 0 Å². The molecule has 0 saturated heterocycles. The monoisotopic (exact) mass is 492 g/mol. The summed E-state index contributed by atoms with van der Waals surface area (Å²) in [5.74, 6) is 0. The molecular formula is C30H48N6. The molecule has 0 radical (unpaired) electrons. The van der Waals surface area contributed by atoms with Gasteiger partial charge in [0.15, 0.2) is 0 Å². The minimum atomic E-state index is 0.911. The van der Waals surface area contributed by atoms with E-state index in [9.17, 15) is 0 Å². The molecule has 0 heterocycles. The third kappa shape index (κ3) is 7.74. The number of benzene rings is 2.